The number of rotatable bonds is 8. The van der Waals surface area contributed by atoms with Crippen molar-refractivity contribution in [1.29, 1.82) is 0 Å². The normalized spacial score (nSPS) is 12.6. The van der Waals surface area contributed by atoms with Crippen LogP contribution in [0.4, 0.5) is 17.1 Å². The maximum Gasteiger partial charge on any atom is 0.135 e. The first-order valence-electron chi connectivity index (χ1n) is 21.1. The molecule has 11 aromatic rings. The van der Waals surface area contributed by atoms with Crippen molar-refractivity contribution in [1.82, 2.24) is 0 Å². The highest BCUT2D eigenvalue weighted by Crippen LogP contribution is 2.56. The molecule has 292 valence electrons. The second kappa shape index (κ2) is 14.5. The second-order valence-corrected chi connectivity index (χ2v) is 16.1. The quantitative estimate of drug-likeness (QED) is 0.153. The molecule has 9 aromatic carbocycles. The zero-order chi connectivity index (χ0) is 41.0. The molecular weight excluding hydrogens is 755 g/mol. The molecule has 0 aliphatic heterocycles. The van der Waals surface area contributed by atoms with Gasteiger partial charge in [-0.05, 0) is 136 Å². The van der Waals surface area contributed by atoms with Crippen LogP contribution < -0.4 is 4.90 Å². The standard InChI is InChI=1S/C59H39NO2/c1-3-15-46(16-4-1)59(47-17-5-2-6-18-47)53-20-10-9-19-51(53)52-36-29-43(37-54(52)59)40-23-30-48(31-24-40)60(49-32-25-41(26-33-49)57-38-44-13-7-11-21-55(44)61-57)50-34-27-42(28-35-50)58-39-45-14-8-12-22-56(45)62-58/h1-39H. The molecule has 12 rings (SSSR count). The van der Waals surface area contributed by atoms with E-state index in [2.05, 4.69) is 205 Å². The summed E-state index contributed by atoms with van der Waals surface area (Å²) in [6.07, 6.45) is 0. The summed E-state index contributed by atoms with van der Waals surface area (Å²) in [6.45, 7) is 0. The fourth-order valence-corrected chi connectivity index (χ4v) is 9.67. The molecule has 0 saturated carbocycles. The van der Waals surface area contributed by atoms with Gasteiger partial charge in [-0.1, -0.05) is 146 Å². The van der Waals surface area contributed by atoms with Crippen molar-refractivity contribution in [3.05, 3.63) is 259 Å². The number of benzene rings is 9. The van der Waals surface area contributed by atoms with E-state index < -0.39 is 5.41 Å². The Balaban J connectivity index is 0.946. The molecule has 0 N–H and O–H groups in total. The minimum absolute atomic E-state index is 0.454. The van der Waals surface area contributed by atoms with Gasteiger partial charge >= 0.3 is 0 Å². The second-order valence-electron chi connectivity index (χ2n) is 16.1. The predicted octanol–water partition coefficient (Wildman–Crippen LogP) is 16.0. The van der Waals surface area contributed by atoms with Crippen LogP contribution in [0.1, 0.15) is 22.3 Å². The van der Waals surface area contributed by atoms with Gasteiger partial charge in [0.2, 0.25) is 0 Å². The molecular formula is C59H39NO2. The van der Waals surface area contributed by atoms with Gasteiger partial charge in [-0.3, -0.25) is 0 Å². The number of nitrogens with zero attached hydrogens (tertiary/aromatic N) is 1. The number of furan rings is 2. The van der Waals surface area contributed by atoms with Crippen molar-refractivity contribution < 1.29 is 8.83 Å². The van der Waals surface area contributed by atoms with Gasteiger partial charge in [0.1, 0.15) is 22.7 Å². The van der Waals surface area contributed by atoms with Crippen molar-refractivity contribution in [2.45, 2.75) is 5.41 Å². The van der Waals surface area contributed by atoms with E-state index in [1.54, 1.807) is 0 Å². The van der Waals surface area contributed by atoms with Gasteiger partial charge < -0.3 is 13.7 Å². The highest BCUT2D eigenvalue weighted by Gasteiger charge is 2.46. The van der Waals surface area contributed by atoms with E-state index in [-0.39, 0.29) is 0 Å². The van der Waals surface area contributed by atoms with E-state index in [0.717, 1.165) is 67.2 Å². The van der Waals surface area contributed by atoms with Crippen LogP contribution in [0.25, 0.3) is 66.8 Å². The molecule has 0 atom stereocenters. The molecule has 0 bridgehead atoms. The Morgan fingerprint density at radius 1 is 0.306 bits per heavy atom. The molecule has 1 aliphatic rings. The number of para-hydroxylation sites is 2. The van der Waals surface area contributed by atoms with Crippen molar-refractivity contribution in [3.63, 3.8) is 0 Å². The molecule has 0 saturated heterocycles. The molecule has 0 radical (unpaired) electrons. The van der Waals surface area contributed by atoms with E-state index in [0.29, 0.717) is 0 Å². The van der Waals surface area contributed by atoms with Gasteiger partial charge in [0.15, 0.2) is 0 Å². The van der Waals surface area contributed by atoms with Crippen LogP contribution >= 0.6 is 0 Å². The van der Waals surface area contributed by atoms with Crippen LogP contribution in [0, 0.1) is 0 Å². The van der Waals surface area contributed by atoms with Gasteiger partial charge in [-0.2, -0.15) is 0 Å². The third-order valence-corrected chi connectivity index (χ3v) is 12.6. The van der Waals surface area contributed by atoms with E-state index in [1.807, 2.05) is 36.4 Å². The molecule has 0 unspecified atom stereocenters. The minimum Gasteiger partial charge on any atom is -0.456 e. The predicted molar refractivity (Wildman–Crippen MR) is 254 cm³/mol. The fraction of sp³-hybridized carbons (Fsp3) is 0.0169. The monoisotopic (exact) mass is 793 g/mol. The summed E-state index contributed by atoms with van der Waals surface area (Å²) in [4.78, 5) is 2.31. The SMILES string of the molecule is c1ccc(C2(c3ccccc3)c3ccccc3-c3ccc(-c4ccc(N(c5ccc(-c6cc7ccccc7o6)cc5)c5ccc(-c6cc7ccccc7o6)cc5)cc4)cc32)cc1. The van der Waals surface area contributed by atoms with Gasteiger partial charge in [-0.15, -0.1) is 0 Å². The maximum absolute atomic E-state index is 6.24. The highest BCUT2D eigenvalue weighted by molar-refractivity contribution is 5.90. The zero-order valence-corrected chi connectivity index (χ0v) is 33.8. The van der Waals surface area contributed by atoms with Gasteiger partial charge in [-0.25, -0.2) is 0 Å². The summed E-state index contributed by atoms with van der Waals surface area (Å²) in [5, 5.41) is 2.19. The molecule has 62 heavy (non-hydrogen) atoms. The average molecular weight is 794 g/mol. The summed E-state index contributed by atoms with van der Waals surface area (Å²) in [6, 6.07) is 84.7. The Labute approximate surface area is 360 Å². The van der Waals surface area contributed by atoms with Crippen molar-refractivity contribution >= 4 is 39.0 Å². The Hall–Kier alpha value is -8.14. The lowest BCUT2D eigenvalue weighted by Crippen LogP contribution is -2.28. The van der Waals surface area contributed by atoms with Crippen LogP contribution in [0.2, 0.25) is 0 Å². The first kappa shape index (κ1) is 35.8. The van der Waals surface area contributed by atoms with Crippen LogP contribution in [-0.2, 0) is 5.41 Å². The maximum atomic E-state index is 6.24. The van der Waals surface area contributed by atoms with Gasteiger partial charge in [0, 0.05) is 39.0 Å². The summed E-state index contributed by atoms with van der Waals surface area (Å²) in [5.74, 6) is 1.70. The third kappa shape index (κ3) is 5.82. The molecule has 2 aromatic heterocycles. The Kier molecular flexibility index (Phi) is 8.39. The zero-order valence-electron chi connectivity index (χ0n) is 33.8. The minimum atomic E-state index is -0.454. The molecule has 0 fully saturated rings. The van der Waals surface area contributed by atoms with Crippen LogP contribution in [0.15, 0.2) is 245 Å². The molecule has 3 nitrogen and oxygen atoms in total. The number of hydrogen-bond acceptors (Lipinski definition) is 3. The first-order chi connectivity index (χ1) is 30.7. The largest absolute Gasteiger partial charge is 0.456 e. The summed E-state index contributed by atoms with van der Waals surface area (Å²) in [5.41, 5.74) is 16.5. The van der Waals surface area contributed by atoms with E-state index >= 15 is 0 Å². The van der Waals surface area contributed by atoms with E-state index in [1.165, 1.54) is 38.9 Å². The topological polar surface area (TPSA) is 29.5 Å². The van der Waals surface area contributed by atoms with Crippen molar-refractivity contribution in [2.75, 3.05) is 4.90 Å². The molecule has 0 spiro atoms. The Morgan fingerprint density at radius 2 is 0.726 bits per heavy atom. The van der Waals surface area contributed by atoms with Crippen molar-refractivity contribution in [2.24, 2.45) is 0 Å². The van der Waals surface area contributed by atoms with Crippen molar-refractivity contribution in [3.8, 4) is 44.9 Å². The van der Waals surface area contributed by atoms with E-state index in [4.69, 9.17) is 8.83 Å². The highest BCUT2D eigenvalue weighted by atomic mass is 16.3. The number of fused-ring (bicyclic) bond motifs is 5. The first-order valence-corrected chi connectivity index (χ1v) is 21.1. The third-order valence-electron chi connectivity index (χ3n) is 12.6. The molecule has 0 amide bonds. The lowest BCUT2D eigenvalue weighted by atomic mass is 9.67. The lowest BCUT2D eigenvalue weighted by molar-refractivity contribution is 0.631. The summed E-state index contributed by atoms with van der Waals surface area (Å²) in [7, 11) is 0. The van der Waals surface area contributed by atoms with Gasteiger partial charge in [0.25, 0.3) is 0 Å². The Morgan fingerprint density at radius 3 is 1.24 bits per heavy atom. The molecule has 2 heterocycles. The smallest absolute Gasteiger partial charge is 0.135 e. The summed E-state index contributed by atoms with van der Waals surface area (Å²) >= 11 is 0. The van der Waals surface area contributed by atoms with Crippen LogP contribution in [-0.4, -0.2) is 0 Å². The Bertz CT molecular complexity index is 3160. The molecule has 3 heteroatoms. The summed E-state index contributed by atoms with van der Waals surface area (Å²) < 4.78 is 12.5. The van der Waals surface area contributed by atoms with Crippen LogP contribution in [0.3, 0.4) is 0 Å². The van der Waals surface area contributed by atoms with E-state index in [9.17, 15) is 0 Å². The van der Waals surface area contributed by atoms with Crippen LogP contribution in [0.5, 0.6) is 0 Å². The lowest BCUT2D eigenvalue weighted by Gasteiger charge is -2.34. The average Bonchev–Trinajstić information content (AvgIpc) is 4.06. The number of hydrogen-bond donors (Lipinski definition) is 0. The van der Waals surface area contributed by atoms with Gasteiger partial charge in [0.05, 0.1) is 5.41 Å². The molecule has 1 aliphatic carbocycles. The number of anilines is 3. The fourth-order valence-electron chi connectivity index (χ4n) is 9.67.